The van der Waals surface area contributed by atoms with E-state index in [2.05, 4.69) is 0 Å². The van der Waals surface area contributed by atoms with Crippen LogP contribution in [0.1, 0.15) is 5.56 Å². The highest BCUT2D eigenvalue weighted by molar-refractivity contribution is 6.49. The Morgan fingerprint density at radius 1 is 0.895 bits per heavy atom. The minimum atomic E-state index is 0.256. The fourth-order valence-corrected chi connectivity index (χ4v) is 2.65. The molecule has 0 saturated heterocycles. The molecule has 0 heterocycles. The van der Waals surface area contributed by atoms with Crippen molar-refractivity contribution in [1.82, 2.24) is 0 Å². The smallest absolute Gasteiger partial charge is 0.124 e. The zero-order valence-electron chi connectivity index (χ0n) is 9.59. The van der Waals surface area contributed by atoms with Gasteiger partial charge in [0.25, 0.3) is 0 Å². The van der Waals surface area contributed by atoms with E-state index in [0.29, 0.717) is 20.1 Å². The van der Waals surface area contributed by atoms with Crippen molar-refractivity contribution < 1.29 is 4.79 Å². The van der Waals surface area contributed by atoms with Crippen LogP contribution in [0.15, 0.2) is 30.3 Å². The van der Waals surface area contributed by atoms with Crippen LogP contribution in [-0.4, -0.2) is 6.29 Å². The maximum absolute atomic E-state index is 10.8. The van der Waals surface area contributed by atoms with Gasteiger partial charge in [0, 0.05) is 17.0 Å². The number of carbonyl (C=O) groups excluding carboxylic acids is 1. The third-order valence-corrected chi connectivity index (χ3v) is 4.22. The summed E-state index contributed by atoms with van der Waals surface area (Å²) in [5, 5.41) is 1.62. The molecule has 0 fully saturated rings. The highest BCUT2D eigenvalue weighted by Crippen LogP contribution is 2.39. The zero-order valence-corrected chi connectivity index (χ0v) is 12.6. The predicted octanol–water partition coefficient (Wildman–Crippen LogP) is 5.71. The Bertz CT molecular complexity index is 638. The summed E-state index contributed by atoms with van der Waals surface area (Å²) in [6.45, 7) is 0. The minimum absolute atomic E-state index is 0.256. The number of hydrogen-bond donors (Lipinski definition) is 0. The lowest BCUT2D eigenvalue weighted by Gasteiger charge is -2.11. The summed E-state index contributed by atoms with van der Waals surface area (Å²) in [7, 11) is 0. The van der Waals surface area contributed by atoms with Gasteiger partial charge in [-0.3, -0.25) is 0 Å². The van der Waals surface area contributed by atoms with E-state index >= 15 is 0 Å². The number of rotatable bonds is 3. The first-order valence-electron chi connectivity index (χ1n) is 5.40. The summed E-state index contributed by atoms with van der Waals surface area (Å²) in [6, 6.07) is 8.74. The number of halogens is 4. The van der Waals surface area contributed by atoms with Crippen LogP contribution in [0.4, 0.5) is 0 Å². The van der Waals surface area contributed by atoms with Gasteiger partial charge in [-0.15, -0.1) is 0 Å². The molecule has 5 heteroatoms. The van der Waals surface area contributed by atoms with Gasteiger partial charge in [0.1, 0.15) is 6.29 Å². The molecule has 19 heavy (non-hydrogen) atoms. The molecule has 0 N–H and O–H groups in total. The van der Waals surface area contributed by atoms with Gasteiger partial charge in [0.05, 0.1) is 15.1 Å². The van der Waals surface area contributed by atoms with E-state index < -0.39 is 0 Å². The van der Waals surface area contributed by atoms with E-state index in [1.54, 1.807) is 24.3 Å². The number of carbonyl (C=O) groups is 1. The molecule has 0 spiro atoms. The van der Waals surface area contributed by atoms with Crippen LogP contribution in [-0.2, 0) is 11.2 Å². The molecule has 98 valence electrons. The molecular weight excluding hydrogens is 326 g/mol. The summed E-state index contributed by atoms with van der Waals surface area (Å²) in [5.74, 6) is 0. The Kier molecular flexibility index (Phi) is 4.75. The number of aldehydes is 1. The highest BCUT2D eigenvalue weighted by Gasteiger charge is 2.13. The molecule has 0 amide bonds. The molecule has 0 saturated carbocycles. The van der Waals surface area contributed by atoms with Crippen LogP contribution in [0.25, 0.3) is 11.1 Å². The molecule has 1 nitrogen and oxygen atoms in total. The molecule has 0 atom stereocenters. The van der Waals surface area contributed by atoms with Crippen molar-refractivity contribution in [2.75, 3.05) is 0 Å². The second-order valence-electron chi connectivity index (χ2n) is 3.90. The Balaban J connectivity index is 2.65. The fraction of sp³-hybridized carbons (Fsp3) is 0.0714. The van der Waals surface area contributed by atoms with Crippen molar-refractivity contribution in [3.8, 4) is 11.1 Å². The second-order valence-corrected chi connectivity index (χ2v) is 5.49. The monoisotopic (exact) mass is 332 g/mol. The van der Waals surface area contributed by atoms with E-state index in [1.165, 1.54) is 0 Å². The van der Waals surface area contributed by atoms with Crippen LogP contribution in [0.3, 0.4) is 0 Å². The average Bonchev–Trinajstić information content (AvgIpc) is 2.38. The molecule has 0 aromatic heterocycles. The normalized spacial score (nSPS) is 10.5. The summed E-state index contributed by atoms with van der Waals surface area (Å²) in [5.41, 5.74) is 2.34. The third-order valence-electron chi connectivity index (χ3n) is 2.70. The third kappa shape index (κ3) is 3.06. The summed E-state index contributed by atoms with van der Waals surface area (Å²) >= 11 is 24.1. The second kappa shape index (κ2) is 6.15. The zero-order chi connectivity index (χ0) is 14.0. The van der Waals surface area contributed by atoms with Crippen molar-refractivity contribution >= 4 is 52.7 Å². The lowest BCUT2D eigenvalue weighted by Crippen LogP contribution is -1.92. The predicted molar refractivity (Wildman–Crippen MR) is 81.7 cm³/mol. The van der Waals surface area contributed by atoms with E-state index in [0.717, 1.165) is 23.0 Å². The Labute approximate surface area is 131 Å². The molecule has 2 aromatic carbocycles. The first-order valence-corrected chi connectivity index (χ1v) is 6.91. The van der Waals surface area contributed by atoms with E-state index in [-0.39, 0.29) is 6.42 Å². The summed E-state index contributed by atoms with van der Waals surface area (Å²) < 4.78 is 0. The number of benzene rings is 2. The van der Waals surface area contributed by atoms with Crippen molar-refractivity contribution in [3.05, 3.63) is 56.0 Å². The molecule has 0 bridgehead atoms. The fourth-order valence-electron chi connectivity index (χ4n) is 1.82. The molecule has 2 aromatic rings. The van der Waals surface area contributed by atoms with Crippen molar-refractivity contribution in [3.63, 3.8) is 0 Å². The first-order chi connectivity index (χ1) is 9.04. The van der Waals surface area contributed by atoms with Crippen molar-refractivity contribution in [2.24, 2.45) is 0 Å². The standard InChI is InChI=1S/C14H8Cl4O/c15-9-1-2-10(8(7-9)5-6-19)11-3-4-12(16)14(18)13(11)17/h1-4,6-7H,5H2. The molecule has 0 aliphatic rings. The van der Waals surface area contributed by atoms with Crippen LogP contribution in [0, 0.1) is 0 Å². The van der Waals surface area contributed by atoms with Gasteiger partial charge >= 0.3 is 0 Å². The summed E-state index contributed by atoms with van der Waals surface area (Å²) in [4.78, 5) is 10.8. The summed E-state index contributed by atoms with van der Waals surface area (Å²) in [6.07, 6.45) is 1.08. The first kappa shape index (κ1) is 14.7. The molecule has 0 aliphatic heterocycles. The Morgan fingerprint density at radius 2 is 1.58 bits per heavy atom. The Hall–Kier alpha value is -0.730. The maximum Gasteiger partial charge on any atom is 0.124 e. The average molecular weight is 334 g/mol. The quantitative estimate of drug-likeness (QED) is 0.519. The van der Waals surface area contributed by atoms with Crippen LogP contribution < -0.4 is 0 Å². The number of hydrogen-bond acceptors (Lipinski definition) is 1. The minimum Gasteiger partial charge on any atom is -0.303 e. The van der Waals surface area contributed by atoms with Crippen LogP contribution in [0.2, 0.25) is 20.1 Å². The van der Waals surface area contributed by atoms with Gasteiger partial charge < -0.3 is 4.79 Å². The largest absolute Gasteiger partial charge is 0.303 e. The lowest BCUT2D eigenvalue weighted by molar-refractivity contribution is -0.107. The Morgan fingerprint density at radius 3 is 2.26 bits per heavy atom. The molecule has 2 rings (SSSR count). The topological polar surface area (TPSA) is 17.1 Å². The van der Waals surface area contributed by atoms with Gasteiger partial charge in [-0.1, -0.05) is 58.5 Å². The lowest BCUT2D eigenvalue weighted by atomic mass is 9.98. The van der Waals surface area contributed by atoms with E-state index in [4.69, 9.17) is 46.4 Å². The van der Waals surface area contributed by atoms with E-state index in [9.17, 15) is 4.79 Å². The molecular formula is C14H8Cl4O. The van der Waals surface area contributed by atoms with Gasteiger partial charge in [-0.25, -0.2) is 0 Å². The maximum atomic E-state index is 10.8. The molecule has 0 unspecified atom stereocenters. The SMILES string of the molecule is O=CCc1cc(Cl)ccc1-c1ccc(Cl)c(Cl)c1Cl. The molecule has 0 aliphatic carbocycles. The van der Waals surface area contributed by atoms with Crippen LogP contribution >= 0.6 is 46.4 Å². The van der Waals surface area contributed by atoms with Gasteiger partial charge in [-0.05, 0) is 29.3 Å². The van der Waals surface area contributed by atoms with Crippen LogP contribution in [0.5, 0.6) is 0 Å². The van der Waals surface area contributed by atoms with Gasteiger partial charge in [0.2, 0.25) is 0 Å². The van der Waals surface area contributed by atoms with Crippen molar-refractivity contribution in [1.29, 1.82) is 0 Å². The van der Waals surface area contributed by atoms with Gasteiger partial charge in [0.15, 0.2) is 0 Å². The van der Waals surface area contributed by atoms with Crippen molar-refractivity contribution in [2.45, 2.75) is 6.42 Å². The van der Waals surface area contributed by atoms with E-state index in [1.807, 2.05) is 6.07 Å². The van der Waals surface area contributed by atoms with Gasteiger partial charge in [-0.2, -0.15) is 0 Å². The molecule has 0 radical (unpaired) electrons. The highest BCUT2D eigenvalue weighted by atomic mass is 35.5.